The van der Waals surface area contributed by atoms with Crippen LogP contribution < -0.4 is 4.74 Å². The van der Waals surface area contributed by atoms with E-state index in [4.69, 9.17) is 28.6 Å². The largest absolute Gasteiger partial charge is 0.486 e. The molecule has 1 fully saturated rings. The number of halogens is 1. The Bertz CT molecular complexity index is 716. The summed E-state index contributed by atoms with van der Waals surface area (Å²) in [4.78, 5) is 0. The van der Waals surface area contributed by atoms with Crippen molar-refractivity contribution in [2.45, 2.75) is 38.7 Å². The van der Waals surface area contributed by atoms with Gasteiger partial charge in [-0.3, -0.25) is 0 Å². The summed E-state index contributed by atoms with van der Waals surface area (Å²) in [5, 5.41) is 12.2. The lowest BCUT2D eigenvalue weighted by molar-refractivity contribution is 0.290. The van der Waals surface area contributed by atoms with Gasteiger partial charge in [0.25, 0.3) is 0 Å². The summed E-state index contributed by atoms with van der Waals surface area (Å²) >= 11 is 11.1. The Labute approximate surface area is 145 Å². The first kappa shape index (κ1) is 16.2. The zero-order valence-corrected chi connectivity index (χ0v) is 14.3. The highest BCUT2D eigenvalue weighted by molar-refractivity contribution is 7.71. The molecule has 1 aliphatic carbocycles. The van der Waals surface area contributed by atoms with E-state index < -0.39 is 0 Å². The molecule has 23 heavy (non-hydrogen) atoms. The summed E-state index contributed by atoms with van der Waals surface area (Å²) in [6.45, 7) is 0.288. The van der Waals surface area contributed by atoms with Crippen LogP contribution >= 0.6 is 23.8 Å². The molecule has 2 aromatic rings. The molecule has 1 aliphatic rings. The molecule has 0 amide bonds. The van der Waals surface area contributed by atoms with Crippen molar-refractivity contribution in [2.24, 2.45) is 11.0 Å². The molecule has 1 heterocycles. The van der Waals surface area contributed by atoms with E-state index in [-0.39, 0.29) is 6.61 Å². The third-order valence-electron chi connectivity index (χ3n) is 3.94. The number of H-pyrrole nitrogens is 1. The van der Waals surface area contributed by atoms with Crippen molar-refractivity contribution in [1.82, 2.24) is 14.9 Å². The summed E-state index contributed by atoms with van der Waals surface area (Å²) in [6.07, 6.45) is 8.28. The van der Waals surface area contributed by atoms with Crippen LogP contribution in [0.4, 0.5) is 0 Å². The van der Waals surface area contributed by atoms with Gasteiger partial charge in [-0.05, 0) is 55.2 Å². The Kier molecular flexibility index (Phi) is 5.46. The first-order chi connectivity index (χ1) is 11.2. The van der Waals surface area contributed by atoms with Gasteiger partial charge in [0.2, 0.25) is 4.77 Å². The second-order valence-corrected chi connectivity index (χ2v) is 6.49. The van der Waals surface area contributed by atoms with Gasteiger partial charge in [-0.1, -0.05) is 30.9 Å². The molecular weight excluding hydrogens is 332 g/mol. The number of nitrogens with zero attached hydrogens (tertiary/aromatic N) is 3. The van der Waals surface area contributed by atoms with E-state index in [9.17, 15) is 0 Å². The smallest absolute Gasteiger partial charge is 0.216 e. The summed E-state index contributed by atoms with van der Waals surface area (Å²) in [7, 11) is 0. The lowest BCUT2D eigenvalue weighted by atomic mass is 9.90. The van der Waals surface area contributed by atoms with Crippen molar-refractivity contribution in [3.8, 4) is 5.75 Å². The van der Waals surface area contributed by atoms with Crippen LogP contribution in [-0.4, -0.2) is 21.1 Å². The molecule has 0 radical (unpaired) electrons. The van der Waals surface area contributed by atoms with E-state index in [1.54, 1.807) is 16.8 Å². The van der Waals surface area contributed by atoms with Gasteiger partial charge in [0, 0.05) is 11.2 Å². The maximum Gasteiger partial charge on any atom is 0.216 e. The number of aromatic amines is 1. The molecule has 1 saturated carbocycles. The minimum Gasteiger partial charge on any atom is -0.486 e. The van der Waals surface area contributed by atoms with E-state index in [2.05, 4.69) is 15.3 Å². The average Bonchev–Trinajstić information content (AvgIpc) is 2.93. The lowest BCUT2D eigenvalue weighted by Gasteiger charge is -2.16. The molecule has 5 nitrogen and oxygen atoms in total. The van der Waals surface area contributed by atoms with Crippen molar-refractivity contribution in [3.63, 3.8) is 0 Å². The van der Waals surface area contributed by atoms with Crippen molar-refractivity contribution in [1.29, 1.82) is 0 Å². The molecule has 0 unspecified atom stereocenters. The molecule has 122 valence electrons. The minimum atomic E-state index is 0.288. The van der Waals surface area contributed by atoms with Crippen LogP contribution in [0.1, 0.15) is 37.9 Å². The Morgan fingerprint density at radius 3 is 2.78 bits per heavy atom. The second kappa shape index (κ2) is 7.75. The summed E-state index contributed by atoms with van der Waals surface area (Å²) in [6, 6.07) is 7.21. The zero-order valence-electron chi connectivity index (χ0n) is 12.7. The van der Waals surface area contributed by atoms with Gasteiger partial charge in [0.1, 0.15) is 12.4 Å². The highest BCUT2D eigenvalue weighted by atomic mass is 35.5. The van der Waals surface area contributed by atoms with Crippen molar-refractivity contribution < 1.29 is 4.74 Å². The first-order valence-electron chi connectivity index (χ1n) is 7.81. The van der Waals surface area contributed by atoms with Crippen LogP contribution in [-0.2, 0) is 6.61 Å². The Morgan fingerprint density at radius 2 is 2.04 bits per heavy atom. The zero-order chi connectivity index (χ0) is 16.1. The van der Waals surface area contributed by atoms with Gasteiger partial charge >= 0.3 is 0 Å². The van der Waals surface area contributed by atoms with E-state index in [1.165, 1.54) is 32.1 Å². The fraction of sp³-hybridized carbons (Fsp3) is 0.438. The molecule has 0 aliphatic heterocycles. The summed E-state index contributed by atoms with van der Waals surface area (Å²) in [5.74, 6) is 1.91. The lowest BCUT2D eigenvalue weighted by Crippen LogP contribution is -2.10. The van der Waals surface area contributed by atoms with Crippen LogP contribution in [0.15, 0.2) is 29.4 Å². The van der Waals surface area contributed by atoms with Crippen LogP contribution in [0, 0.1) is 10.7 Å². The predicted octanol–water partition coefficient (Wildman–Crippen LogP) is 4.59. The Hall–Kier alpha value is -1.66. The second-order valence-electron chi connectivity index (χ2n) is 5.66. The molecular formula is C16H19ClN4OS. The van der Waals surface area contributed by atoms with Gasteiger partial charge in [-0.25, -0.2) is 5.10 Å². The molecule has 0 bridgehead atoms. The van der Waals surface area contributed by atoms with Gasteiger partial charge in [0.15, 0.2) is 5.82 Å². The fourth-order valence-electron chi connectivity index (χ4n) is 2.66. The third-order valence-corrected chi connectivity index (χ3v) is 4.46. The first-order valence-corrected chi connectivity index (χ1v) is 8.60. The number of nitrogens with one attached hydrogen (secondary N) is 1. The molecule has 0 atom stereocenters. The van der Waals surface area contributed by atoms with Crippen LogP contribution in [0.3, 0.4) is 0 Å². The molecule has 0 saturated heterocycles. The number of benzene rings is 1. The maximum absolute atomic E-state index is 5.86. The van der Waals surface area contributed by atoms with Gasteiger partial charge in [-0.15, -0.1) is 0 Å². The molecule has 1 aromatic heterocycles. The number of rotatable bonds is 5. The van der Waals surface area contributed by atoms with E-state index in [0.29, 0.717) is 21.5 Å². The van der Waals surface area contributed by atoms with Crippen molar-refractivity contribution >= 4 is 30.0 Å². The van der Waals surface area contributed by atoms with Crippen LogP contribution in [0.5, 0.6) is 5.75 Å². The highest BCUT2D eigenvalue weighted by Gasteiger charge is 2.12. The number of aromatic nitrogens is 3. The Morgan fingerprint density at radius 1 is 1.30 bits per heavy atom. The predicted molar refractivity (Wildman–Crippen MR) is 93.7 cm³/mol. The third kappa shape index (κ3) is 4.42. The quantitative estimate of drug-likeness (QED) is 0.634. The van der Waals surface area contributed by atoms with E-state index in [1.807, 2.05) is 18.3 Å². The van der Waals surface area contributed by atoms with Gasteiger partial charge < -0.3 is 4.74 Å². The summed E-state index contributed by atoms with van der Waals surface area (Å²) < 4.78 is 7.83. The monoisotopic (exact) mass is 350 g/mol. The topological polar surface area (TPSA) is 55.2 Å². The summed E-state index contributed by atoms with van der Waals surface area (Å²) in [5.41, 5.74) is 0. The van der Waals surface area contributed by atoms with Crippen molar-refractivity contribution in [3.05, 3.63) is 39.9 Å². The fourth-order valence-corrected chi connectivity index (χ4v) is 2.98. The number of hydrogen-bond donors (Lipinski definition) is 1. The number of hydrogen-bond acceptors (Lipinski definition) is 4. The van der Waals surface area contributed by atoms with E-state index >= 15 is 0 Å². The number of ether oxygens (including phenoxy) is 1. The van der Waals surface area contributed by atoms with Crippen LogP contribution in [0.25, 0.3) is 0 Å². The van der Waals surface area contributed by atoms with Gasteiger partial charge in [0.05, 0.1) is 0 Å². The molecule has 1 N–H and O–H groups in total. The van der Waals surface area contributed by atoms with Gasteiger partial charge in [-0.2, -0.15) is 14.9 Å². The molecule has 3 rings (SSSR count). The molecule has 0 spiro atoms. The average molecular weight is 351 g/mol. The normalized spacial score (nSPS) is 16.0. The minimum absolute atomic E-state index is 0.288. The van der Waals surface area contributed by atoms with Crippen LogP contribution in [0.2, 0.25) is 5.02 Å². The SMILES string of the molecule is S=c1[nH]nc(COc2ccc(Cl)cc2)n1/N=C\C1CCCCC1. The van der Waals surface area contributed by atoms with E-state index in [0.717, 1.165) is 5.75 Å². The maximum atomic E-state index is 5.86. The highest BCUT2D eigenvalue weighted by Crippen LogP contribution is 2.22. The molecule has 7 heteroatoms. The standard InChI is InChI=1S/C16H19ClN4OS/c17-13-6-8-14(9-7-13)22-11-15-19-20-16(23)21(15)18-10-12-4-2-1-3-5-12/h6-10,12H,1-5,11H2,(H,20,23)/b18-10-. The Balaban J connectivity index is 1.67. The van der Waals surface area contributed by atoms with Crippen molar-refractivity contribution in [2.75, 3.05) is 0 Å². The molecule has 1 aromatic carbocycles.